The van der Waals surface area contributed by atoms with Gasteiger partial charge in [0.25, 0.3) is 0 Å². The van der Waals surface area contributed by atoms with Gasteiger partial charge in [-0.25, -0.2) is 0 Å². The van der Waals surface area contributed by atoms with E-state index in [1.165, 1.54) is 31.7 Å². The Hall–Kier alpha value is -1.07. The lowest BCUT2D eigenvalue weighted by atomic mass is 10.0. The van der Waals surface area contributed by atoms with E-state index >= 15 is 0 Å². The van der Waals surface area contributed by atoms with Crippen LogP contribution in [-0.2, 0) is 19.3 Å². The molecule has 2 aliphatic rings. The third kappa shape index (κ3) is 4.73. The molecule has 0 atom stereocenters. The molecular weight excluding hydrogens is 313 g/mol. The zero-order valence-corrected chi connectivity index (χ0v) is 14.2. The second-order valence-corrected chi connectivity index (χ2v) is 7.16. The number of likely N-dealkylation sites (tertiary alicyclic amines) is 2. The number of hydrogen-bond donors (Lipinski definition) is 0. The Balaban J connectivity index is 1.77. The number of hydrogen-bond acceptors (Lipinski definition) is 2. The van der Waals surface area contributed by atoms with Crippen molar-refractivity contribution in [3.05, 3.63) is 34.9 Å². The van der Waals surface area contributed by atoms with Crippen LogP contribution >= 0.6 is 0 Å². The fourth-order valence-corrected chi connectivity index (χ4v) is 3.89. The van der Waals surface area contributed by atoms with Gasteiger partial charge in [0.05, 0.1) is 5.56 Å². The first kappa shape index (κ1) is 17.7. The summed E-state index contributed by atoms with van der Waals surface area (Å²) in [6, 6.07) is 4.75. The van der Waals surface area contributed by atoms with E-state index < -0.39 is 11.7 Å². The summed E-state index contributed by atoms with van der Waals surface area (Å²) in [6.45, 7) is 5.13. The van der Waals surface area contributed by atoms with E-state index in [1.807, 2.05) is 0 Å². The number of nitrogens with zero attached hydrogens (tertiary/aromatic N) is 2. The fourth-order valence-electron chi connectivity index (χ4n) is 3.89. The summed E-state index contributed by atoms with van der Waals surface area (Å²) in [5.74, 6) is 0. The van der Waals surface area contributed by atoms with Crippen molar-refractivity contribution < 1.29 is 13.2 Å². The molecule has 2 saturated heterocycles. The molecule has 3 rings (SSSR count). The van der Waals surface area contributed by atoms with Crippen LogP contribution in [0.4, 0.5) is 13.2 Å². The second kappa shape index (κ2) is 7.87. The minimum atomic E-state index is -4.27. The first-order valence-electron chi connectivity index (χ1n) is 9.16. The molecule has 5 heteroatoms. The van der Waals surface area contributed by atoms with Gasteiger partial charge in [-0.05, 0) is 69.1 Å². The van der Waals surface area contributed by atoms with Crippen molar-refractivity contribution in [2.75, 3.05) is 26.2 Å². The third-order valence-corrected chi connectivity index (χ3v) is 5.17. The minimum absolute atomic E-state index is 0.419. The molecule has 0 saturated carbocycles. The molecule has 2 aliphatic heterocycles. The van der Waals surface area contributed by atoms with Crippen LogP contribution in [0.25, 0.3) is 0 Å². The van der Waals surface area contributed by atoms with Crippen LogP contribution < -0.4 is 0 Å². The van der Waals surface area contributed by atoms with E-state index in [-0.39, 0.29) is 0 Å². The molecule has 0 bridgehead atoms. The summed E-state index contributed by atoms with van der Waals surface area (Å²) in [7, 11) is 0. The summed E-state index contributed by atoms with van der Waals surface area (Å²) in [5, 5.41) is 0. The molecule has 0 amide bonds. The molecule has 0 unspecified atom stereocenters. The summed E-state index contributed by atoms with van der Waals surface area (Å²) >= 11 is 0. The Labute approximate surface area is 142 Å². The lowest BCUT2D eigenvalue weighted by Crippen LogP contribution is -2.31. The summed E-state index contributed by atoms with van der Waals surface area (Å²) in [4.78, 5) is 4.52. The normalized spacial score (nSPS) is 21.1. The molecule has 0 spiro atoms. The number of piperidine rings is 2. The molecule has 2 nitrogen and oxygen atoms in total. The van der Waals surface area contributed by atoms with E-state index in [9.17, 15) is 13.2 Å². The van der Waals surface area contributed by atoms with Crippen molar-refractivity contribution >= 4 is 0 Å². The molecular formula is C19H27F3N2. The van der Waals surface area contributed by atoms with Crippen molar-refractivity contribution in [2.45, 2.75) is 57.8 Å². The molecule has 2 heterocycles. The maximum atomic E-state index is 13.4. The highest BCUT2D eigenvalue weighted by Gasteiger charge is 2.33. The zero-order valence-electron chi connectivity index (χ0n) is 14.2. The zero-order chi connectivity index (χ0) is 17.0. The number of rotatable bonds is 4. The molecule has 1 aromatic rings. The van der Waals surface area contributed by atoms with Gasteiger partial charge < -0.3 is 0 Å². The molecule has 0 aromatic heterocycles. The maximum absolute atomic E-state index is 13.4. The smallest absolute Gasteiger partial charge is 0.299 e. The van der Waals surface area contributed by atoms with Crippen molar-refractivity contribution in [1.82, 2.24) is 9.80 Å². The van der Waals surface area contributed by atoms with Crippen LogP contribution in [0.2, 0.25) is 0 Å². The Morgan fingerprint density at radius 2 is 1.29 bits per heavy atom. The quantitative estimate of drug-likeness (QED) is 0.785. The van der Waals surface area contributed by atoms with Gasteiger partial charge in [0.1, 0.15) is 0 Å². The van der Waals surface area contributed by atoms with E-state index in [2.05, 4.69) is 9.80 Å². The highest BCUT2D eigenvalue weighted by atomic mass is 19.4. The summed E-state index contributed by atoms with van der Waals surface area (Å²) in [5.41, 5.74) is 0.992. The fraction of sp³-hybridized carbons (Fsp3) is 0.684. The second-order valence-electron chi connectivity index (χ2n) is 7.16. The van der Waals surface area contributed by atoms with E-state index in [1.54, 1.807) is 12.1 Å². The van der Waals surface area contributed by atoms with Gasteiger partial charge in [-0.15, -0.1) is 0 Å². The number of halogens is 3. The molecule has 24 heavy (non-hydrogen) atoms. The van der Waals surface area contributed by atoms with Crippen molar-refractivity contribution in [3.63, 3.8) is 0 Å². The van der Waals surface area contributed by atoms with Crippen LogP contribution in [0.1, 0.15) is 55.2 Å². The number of alkyl halides is 3. The Morgan fingerprint density at radius 1 is 0.750 bits per heavy atom. The molecule has 1 aromatic carbocycles. The van der Waals surface area contributed by atoms with Gasteiger partial charge in [0.15, 0.2) is 0 Å². The van der Waals surface area contributed by atoms with Gasteiger partial charge in [0.2, 0.25) is 0 Å². The minimum Gasteiger partial charge on any atom is -0.299 e. The molecule has 2 fully saturated rings. The van der Waals surface area contributed by atoms with Crippen LogP contribution in [0.15, 0.2) is 18.2 Å². The van der Waals surface area contributed by atoms with Crippen molar-refractivity contribution in [2.24, 2.45) is 0 Å². The van der Waals surface area contributed by atoms with Gasteiger partial charge in [-0.3, -0.25) is 9.80 Å². The van der Waals surface area contributed by atoms with Crippen LogP contribution in [0.5, 0.6) is 0 Å². The van der Waals surface area contributed by atoms with Crippen molar-refractivity contribution in [1.29, 1.82) is 0 Å². The molecule has 134 valence electrons. The Bertz CT molecular complexity index is 530. The highest BCUT2D eigenvalue weighted by molar-refractivity contribution is 5.34. The first-order valence-corrected chi connectivity index (χ1v) is 9.16. The maximum Gasteiger partial charge on any atom is 0.416 e. The standard InChI is InChI=1S/C19H27F3N2/c20-19(21,22)18-8-7-16(14-23-9-3-1-4-10-23)13-17(18)15-24-11-5-2-6-12-24/h7-8,13H,1-6,9-12,14-15H2. The van der Waals surface area contributed by atoms with Crippen LogP contribution in [0.3, 0.4) is 0 Å². The van der Waals surface area contributed by atoms with Crippen LogP contribution in [-0.4, -0.2) is 36.0 Å². The highest BCUT2D eigenvalue weighted by Crippen LogP contribution is 2.33. The Morgan fingerprint density at radius 3 is 1.83 bits per heavy atom. The summed E-state index contributed by atoms with van der Waals surface area (Å²) < 4.78 is 40.1. The lowest BCUT2D eigenvalue weighted by Gasteiger charge is -2.29. The van der Waals surface area contributed by atoms with Gasteiger partial charge in [0, 0.05) is 13.1 Å². The van der Waals surface area contributed by atoms with Gasteiger partial charge in [-0.1, -0.05) is 25.0 Å². The summed E-state index contributed by atoms with van der Waals surface area (Å²) in [6.07, 6.45) is 2.77. The predicted molar refractivity (Wildman–Crippen MR) is 89.7 cm³/mol. The van der Waals surface area contributed by atoms with Crippen molar-refractivity contribution in [3.8, 4) is 0 Å². The van der Waals surface area contributed by atoms with E-state index in [0.29, 0.717) is 12.1 Å². The molecule has 0 radical (unpaired) electrons. The van der Waals surface area contributed by atoms with Gasteiger partial charge >= 0.3 is 6.18 Å². The third-order valence-electron chi connectivity index (χ3n) is 5.17. The topological polar surface area (TPSA) is 6.48 Å². The SMILES string of the molecule is FC(F)(F)c1ccc(CN2CCCCC2)cc1CN1CCCCC1. The lowest BCUT2D eigenvalue weighted by molar-refractivity contribution is -0.138. The first-order chi connectivity index (χ1) is 11.5. The van der Waals surface area contributed by atoms with E-state index in [0.717, 1.165) is 51.1 Å². The van der Waals surface area contributed by atoms with E-state index in [4.69, 9.17) is 0 Å². The largest absolute Gasteiger partial charge is 0.416 e. The predicted octanol–water partition coefficient (Wildman–Crippen LogP) is 4.68. The Kier molecular flexibility index (Phi) is 5.82. The molecule has 0 N–H and O–H groups in total. The monoisotopic (exact) mass is 340 g/mol. The van der Waals surface area contributed by atoms with Crippen LogP contribution in [0, 0.1) is 0 Å². The van der Waals surface area contributed by atoms with Gasteiger partial charge in [-0.2, -0.15) is 13.2 Å². The average Bonchev–Trinajstić information content (AvgIpc) is 2.56. The average molecular weight is 340 g/mol. The molecule has 0 aliphatic carbocycles. The number of benzene rings is 1.